The number of nitrogens with one attached hydrogen (secondary N) is 2. The van der Waals surface area contributed by atoms with Crippen molar-refractivity contribution in [3.05, 3.63) is 42.5 Å². The summed E-state index contributed by atoms with van der Waals surface area (Å²) < 4.78 is 30.2. The van der Waals surface area contributed by atoms with E-state index in [9.17, 15) is 13.9 Å². The Labute approximate surface area is 191 Å². The van der Waals surface area contributed by atoms with E-state index in [0.29, 0.717) is 41.4 Å². The fourth-order valence-corrected chi connectivity index (χ4v) is 5.56. The van der Waals surface area contributed by atoms with Crippen molar-refractivity contribution in [2.24, 2.45) is 0 Å². The van der Waals surface area contributed by atoms with E-state index in [1.807, 2.05) is 18.2 Å². The predicted octanol–water partition coefficient (Wildman–Crippen LogP) is 4.15. The molecule has 0 aromatic heterocycles. The van der Waals surface area contributed by atoms with Crippen molar-refractivity contribution in [3.63, 3.8) is 0 Å². The molecule has 2 aromatic carbocycles. The van der Waals surface area contributed by atoms with Crippen LogP contribution in [0.4, 0.5) is 17.1 Å². The molecule has 0 saturated carbocycles. The Morgan fingerprint density at radius 2 is 1.72 bits per heavy atom. The number of piperazine rings is 1. The van der Waals surface area contributed by atoms with Crippen molar-refractivity contribution < 1.29 is 18.6 Å². The SMILES string of the molecule is COc1ccc(N2C[C@@H](C)N[C@@H](C)C2)cc1NS(O)(O)c1ccc(N2CCCC2=O)cc1. The van der Waals surface area contributed by atoms with Gasteiger partial charge in [0.1, 0.15) is 5.75 Å². The summed E-state index contributed by atoms with van der Waals surface area (Å²) in [4.78, 5) is 16.3. The third-order valence-electron chi connectivity index (χ3n) is 5.91. The summed E-state index contributed by atoms with van der Waals surface area (Å²) in [6.45, 7) is 6.73. The maximum Gasteiger partial charge on any atom is 0.227 e. The lowest BCUT2D eigenvalue weighted by atomic mass is 10.1. The summed E-state index contributed by atoms with van der Waals surface area (Å²) in [6.07, 6.45) is 1.40. The van der Waals surface area contributed by atoms with Gasteiger partial charge in [-0.05, 0) is 62.7 Å². The van der Waals surface area contributed by atoms with Crippen LogP contribution >= 0.6 is 10.8 Å². The lowest BCUT2D eigenvalue weighted by Gasteiger charge is -2.38. The molecule has 9 heteroatoms. The highest BCUT2D eigenvalue weighted by Gasteiger charge is 2.25. The highest BCUT2D eigenvalue weighted by atomic mass is 32.3. The second-order valence-electron chi connectivity index (χ2n) is 8.55. The molecule has 2 aliphatic heterocycles. The van der Waals surface area contributed by atoms with Gasteiger partial charge in [0, 0.05) is 49.5 Å². The van der Waals surface area contributed by atoms with Crippen molar-refractivity contribution in [1.82, 2.24) is 5.32 Å². The van der Waals surface area contributed by atoms with Crippen LogP contribution in [0.1, 0.15) is 26.7 Å². The Balaban J connectivity index is 1.55. The van der Waals surface area contributed by atoms with Gasteiger partial charge in [-0.2, -0.15) is 0 Å². The number of nitrogens with zero attached hydrogens (tertiary/aromatic N) is 2. The number of methoxy groups -OCH3 is 1. The van der Waals surface area contributed by atoms with Gasteiger partial charge in [0.15, 0.2) is 0 Å². The smallest absolute Gasteiger partial charge is 0.227 e. The second kappa shape index (κ2) is 9.19. The van der Waals surface area contributed by atoms with Crippen molar-refractivity contribution in [3.8, 4) is 5.75 Å². The van der Waals surface area contributed by atoms with E-state index in [2.05, 4.69) is 28.8 Å². The van der Waals surface area contributed by atoms with Crippen LogP contribution in [0.25, 0.3) is 0 Å². The number of anilines is 3. The van der Waals surface area contributed by atoms with Crippen LogP contribution < -0.4 is 24.6 Å². The molecule has 2 atom stereocenters. The standard InChI is InChI=1S/C23H32N4O4S/c1-16-14-26(15-17(2)24-16)19-8-11-22(31-3)21(13-19)25-32(29,30)20-9-6-18(7-10-20)27-12-4-5-23(27)28/h6-11,13,16-17,24-25,29-30H,4-5,12,14-15H2,1-3H3/t16-,17+. The van der Waals surface area contributed by atoms with Crippen LogP contribution in [0, 0.1) is 0 Å². The maximum atomic E-state index is 12.0. The molecule has 8 nitrogen and oxygen atoms in total. The number of benzene rings is 2. The number of carbonyl (C=O) groups excluding carboxylic acids is 1. The van der Waals surface area contributed by atoms with Gasteiger partial charge in [0.25, 0.3) is 0 Å². The number of hydrogen-bond donors (Lipinski definition) is 4. The van der Waals surface area contributed by atoms with Crippen LogP contribution in [-0.4, -0.2) is 53.8 Å². The topological polar surface area (TPSA) is 97.3 Å². The molecule has 0 radical (unpaired) electrons. The molecule has 0 aliphatic carbocycles. The molecule has 2 aliphatic rings. The quantitative estimate of drug-likeness (QED) is 0.514. The minimum atomic E-state index is -3.33. The summed E-state index contributed by atoms with van der Waals surface area (Å²) in [6, 6.07) is 13.3. The lowest BCUT2D eigenvalue weighted by molar-refractivity contribution is -0.117. The third kappa shape index (κ3) is 4.80. The molecular weight excluding hydrogens is 428 g/mol. The first kappa shape index (κ1) is 22.7. The molecule has 32 heavy (non-hydrogen) atoms. The monoisotopic (exact) mass is 460 g/mol. The number of rotatable bonds is 6. The Kier molecular flexibility index (Phi) is 6.52. The van der Waals surface area contributed by atoms with Gasteiger partial charge >= 0.3 is 0 Å². The molecule has 4 rings (SSSR count). The van der Waals surface area contributed by atoms with Gasteiger partial charge in [-0.15, -0.1) is 0 Å². The summed E-state index contributed by atoms with van der Waals surface area (Å²) in [7, 11) is -1.77. The minimum absolute atomic E-state index is 0.0978. The molecule has 1 amide bonds. The Morgan fingerprint density at radius 3 is 2.31 bits per heavy atom. The first-order chi connectivity index (χ1) is 15.3. The van der Waals surface area contributed by atoms with Gasteiger partial charge in [0.2, 0.25) is 5.91 Å². The van der Waals surface area contributed by atoms with E-state index in [1.54, 1.807) is 36.3 Å². The molecule has 2 aromatic rings. The lowest BCUT2D eigenvalue weighted by Crippen LogP contribution is -2.54. The Morgan fingerprint density at radius 1 is 1.06 bits per heavy atom. The summed E-state index contributed by atoms with van der Waals surface area (Å²) >= 11 is 0. The third-order valence-corrected chi connectivity index (χ3v) is 7.34. The molecular formula is C23H32N4O4S. The zero-order chi connectivity index (χ0) is 22.9. The number of ether oxygens (including phenoxy) is 1. The van der Waals surface area contributed by atoms with Crippen LogP contribution in [-0.2, 0) is 4.79 Å². The van der Waals surface area contributed by atoms with Crippen LogP contribution in [0.5, 0.6) is 5.75 Å². The van der Waals surface area contributed by atoms with Crippen molar-refractivity contribution in [1.29, 1.82) is 0 Å². The van der Waals surface area contributed by atoms with Gasteiger partial charge in [-0.1, -0.05) is 10.8 Å². The van der Waals surface area contributed by atoms with Crippen molar-refractivity contribution >= 4 is 33.7 Å². The van der Waals surface area contributed by atoms with Crippen LogP contribution in [0.3, 0.4) is 0 Å². The van der Waals surface area contributed by atoms with Gasteiger partial charge in [0.05, 0.1) is 17.7 Å². The molecule has 2 heterocycles. The normalized spacial score (nSPS) is 22.2. The van der Waals surface area contributed by atoms with E-state index in [4.69, 9.17) is 4.74 Å². The number of carbonyl (C=O) groups is 1. The molecule has 4 N–H and O–H groups in total. The van der Waals surface area contributed by atoms with Crippen LogP contribution in [0.15, 0.2) is 47.4 Å². The van der Waals surface area contributed by atoms with Crippen molar-refractivity contribution in [2.75, 3.05) is 41.3 Å². The van der Waals surface area contributed by atoms with E-state index >= 15 is 0 Å². The fourth-order valence-electron chi connectivity index (χ4n) is 4.46. The van der Waals surface area contributed by atoms with E-state index in [1.165, 1.54) is 0 Å². The minimum Gasteiger partial charge on any atom is -0.495 e. The van der Waals surface area contributed by atoms with Crippen molar-refractivity contribution in [2.45, 2.75) is 43.7 Å². The molecule has 2 saturated heterocycles. The van der Waals surface area contributed by atoms with Crippen LogP contribution in [0.2, 0.25) is 0 Å². The second-order valence-corrected chi connectivity index (χ2v) is 10.3. The molecule has 0 unspecified atom stereocenters. The highest BCUT2D eigenvalue weighted by Crippen LogP contribution is 2.50. The molecule has 2 fully saturated rings. The number of hydrogen-bond acceptors (Lipinski definition) is 7. The summed E-state index contributed by atoms with van der Waals surface area (Å²) in [5, 5.41) is 3.52. The largest absolute Gasteiger partial charge is 0.495 e. The highest BCUT2D eigenvalue weighted by molar-refractivity contribution is 8.25. The van der Waals surface area contributed by atoms with Gasteiger partial charge in [-0.3, -0.25) is 18.6 Å². The molecule has 0 bridgehead atoms. The average Bonchev–Trinajstić information content (AvgIpc) is 3.18. The molecule has 174 valence electrons. The van der Waals surface area contributed by atoms with E-state index in [-0.39, 0.29) is 5.91 Å². The molecule has 0 spiro atoms. The van der Waals surface area contributed by atoms with Gasteiger partial charge in [-0.25, -0.2) is 0 Å². The predicted molar refractivity (Wildman–Crippen MR) is 130 cm³/mol. The maximum absolute atomic E-state index is 12.0. The summed E-state index contributed by atoms with van der Waals surface area (Å²) in [5.41, 5.74) is 2.28. The average molecular weight is 461 g/mol. The van der Waals surface area contributed by atoms with Gasteiger partial charge < -0.3 is 19.9 Å². The fraction of sp³-hybridized carbons (Fsp3) is 0.435. The first-order valence-corrected chi connectivity index (χ1v) is 12.5. The van der Waals surface area contributed by atoms with E-state index < -0.39 is 10.8 Å². The zero-order valence-corrected chi connectivity index (χ0v) is 19.6. The first-order valence-electron chi connectivity index (χ1n) is 10.9. The van der Waals surface area contributed by atoms with E-state index in [0.717, 1.165) is 30.9 Å². The zero-order valence-electron chi connectivity index (χ0n) is 18.7. The Bertz CT molecular complexity index is 959. The summed E-state index contributed by atoms with van der Waals surface area (Å²) in [5.74, 6) is 0.629. The number of amides is 1. The Hall–Kier alpha value is -2.46.